The maximum absolute atomic E-state index is 6.52. The van der Waals surface area contributed by atoms with E-state index in [-0.39, 0.29) is 52.6 Å². The van der Waals surface area contributed by atoms with E-state index in [9.17, 15) is 0 Å². The number of hydrogen-bond acceptors (Lipinski definition) is 5. The summed E-state index contributed by atoms with van der Waals surface area (Å²) in [7, 11) is -0.515. The molecule has 0 bridgehead atoms. The second-order valence-corrected chi connectivity index (χ2v) is 30.5. The van der Waals surface area contributed by atoms with Crippen LogP contribution in [0.15, 0.2) is 213 Å². The first-order chi connectivity index (χ1) is 44.1. The molecule has 0 N–H and O–H groups in total. The molecule has 0 saturated carbocycles. The van der Waals surface area contributed by atoms with Crippen LogP contribution < -0.4 is 5.46 Å². The normalized spacial score (nSPS) is 17.9. The zero-order valence-corrected chi connectivity index (χ0v) is 59.7. The second-order valence-electron chi connectivity index (χ2n) is 30.5. The van der Waals surface area contributed by atoms with Crippen LogP contribution in [0, 0.1) is 29.0 Å². The smallest absolute Gasteiger partial charge is 0.400 e. The van der Waals surface area contributed by atoms with Crippen LogP contribution >= 0.6 is 0 Å². The molecule has 4 heterocycles. The Morgan fingerprint density at radius 1 is 0.309 bits per heavy atom. The number of pyridine rings is 3. The maximum Gasteiger partial charge on any atom is 3.00 e. The van der Waals surface area contributed by atoms with Gasteiger partial charge in [0.25, 0.3) is 0 Å². The SMILES string of the molecule is CC1(C)OB(c2cc[c-]c(-c3cc(-c4ccccc4)c(-c4ccccc4-c4cc(-c5ccccc5-c5ccc(-c6[c-]cc7c(c6)C(C)(C)C(C)(C)C7(C)C)nc5)cc(-c5ccccc5-c5ccc(-c6[c-]cc7c(c6)C(C)(C)C(C)(C)C7(C)C)nc5)c4)cn3)c2)OC1(C)C.[Ir+3]. The molecular formula is C87H83BIrN3O2. The Morgan fingerprint density at radius 2 is 0.691 bits per heavy atom. The fourth-order valence-electron chi connectivity index (χ4n) is 15.1. The molecule has 94 heavy (non-hydrogen) atoms. The van der Waals surface area contributed by atoms with Gasteiger partial charge in [0.2, 0.25) is 0 Å². The number of rotatable bonds is 11. The molecule has 1 saturated heterocycles. The minimum atomic E-state index is -0.515. The van der Waals surface area contributed by atoms with Crippen LogP contribution in [0.1, 0.15) is 133 Å². The number of nitrogens with zero attached hydrogens (tertiary/aromatic N) is 3. The minimum absolute atomic E-state index is 0. The van der Waals surface area contributed by atoms with E-state index in [1.807, 2.05) is 30.7 Å². The number of aromatic nitrogens is 3. The van der Waals surface area contributed by atoms with Crippen molar-refractivity contribution < 1.29 is 29.4 Å². The summed E-state index contributed by atoms with van der Waals surface area (Å²) in [5, 5.41) is 0. The van der Waals surface area contributed by atoms with E-state index in [1.54, 1.807) is 0 Å². The number of hydrogen-bond donors (Lipinski definition) is 0. The summed E-state index contributed by atoms with van der Waals surface area (Å²) in [5.74, 6) is 0. The van der Waals surface area contributed by atoms with Gasteiger partial charge >= 0.3 is 27.2 Å². The Labute approximate surface area is 572 Å². The summed E-state index contributed by atoms with van der Waals surface area (Å²) >= 11 is 0. The maximum atomic E-state index is 6.52. The van der Waals surface area contributed by atoms with Crippen LogP contribution in [0.25, 0.3) is 112 Å². The molecule has 11 aromatic rings. The zero-order chi connectivity index (χ0) is 65.4. The molecule has 0 radical (unpaired) electrons. The van der Waals surface area contributed by atoms with E-state index in [0.717, 1.165) is 117 Å². The fraction of sp³-hybridized carbons (Fsp3) is 0.276. The van der Waals surface area contributed by atoms with Gasteiger partial charge < -0.3 is 24.3 Å². The van der Waals surface area contributed by atoms with Gasteiger partial charge in [-0.05, 0) is 168 Å². The van der Waals surface area contributed by atoms with Crippen molar-refractivity contribution in [3.8, 4) is 112 Å². The summed E-state index contributed by atoms with van der Waals surface area (Å²) in [6.45, 7) is 37.0. The van der Waals surface area contributed by atoms with Crippen molar-refractivity contribution in [2.24, 2.45) is 10.8 Å². The van der Waals surface area contributed by atoms with Gasteiger partial charge in [-0.25, -0.2) is 0 Å². The van der Waals surface area contributed by atoms with E-state index >= 15 is 0 Å². The molecule has 0 atom stereocenters. The van der Waals surface area contributed by atoms with Crippen molar-refractivity contribution in [1.29, 1.82) is 0 Å². The predicted molar refractivity (Wildman–Crippen MR) is 386 cm³/mol. The van der Waals surface area contributed by atoms with Crippen LogP contribution in [0.2, 0.25) is 0 Å². The molecule has 3 aliphatic rings. The van der Waals surface area contributed by atoms with Crippen LogP contribution in [0.3, 0.4) is 0 Å². The van der Waals surface area contributed by atoms with E-state index in [1.165, 1.54) is 22.3 Å². The second kappa shape index (κ2) is 23.1. The van der Waals surface area contributed by atoms with Crippen LogP contribution in [0.4, 0.5) is 0 Å². The van der Waals surface area contributed by atoms with E-state index in [4.69, 9.17) is 24.3 Å². The molecule has 0 unspecified atom stereocenters. The minimum Gasteiger partial charge on any atom is -0.400 e. The summed E-state index contributed by atoms with van der Waals surface area (Å²) in [4.78, 5) is 15.7. The zero-order valence-electron chi connectivity index (χ0n) is 57.3. The Bertz CT molecular complexity index is 4540. The van der Waals surface area contributed by atoms with Gasteiger partial charge in [-0.3, -0.25) is 0 Å². The van der Waals surface area contributed by atoms with Gasteiger partial charge in [-0.1, -0.05) is 217 Å². The van der Waals surface area contributed by atoms with Crippen LogP contribution in [0.5, 0.6) is 0 Å². The molecule has 8 aromatic carbocycles. The number of benzene rings is 8. The Hall–Kier alpha value is -8.16. The molecule has 470 valence electrons. The Kier molecular flexibility index (Phi) is 15.8. The molecule has 7 heteroatoms. The molecule has 0 amide bonds. The summed E-state index contributed by atoms with van der Waals surface area (Å²) in [6.07, 6.45) is 6.12. The molecule has 1 fully saturated rings. The first kappa shape index (κ1) is 64.5. The van der Waals surface area contributed by atoms with E-state index in [2.05, 4.69) is 311 Å². The average Bonchev–Trinajstić information content (AvgIpc) is 1.55. The monoisotopic (exact) mass is 1410 g/mol. The third-order valence-electron chi connectivity index (χ3n) is 24.1. The first-order valence-corrected chi connectivity index (χ1v) is 33.1. The summed E-state index contributed by atoms with van der Waals surface area (Å²) < 4.78 is 13.0. The van der Waals surface area contributed by atoms with Crippen molar-refractivity contribution in [3.63, 3.8) is 0 Å². The van der Waals surface area contributed by atoms with Crippen molar-refractivity contribution in [2.45, 2.75) is 144 Å². The molecule has 1 aliphatic heterocycles. The third kappa shape index (κ3) is 10.3. The van der Waals surface area contributed by atoms with E-state index < -0.39 is 18.3 Å². The average molecular weight is 1410 g/mol. The third-order valence-corrected chi connectivity index (χ3v) is 24.1. The molecule has 14 rings (SSSR count). The standard InChI is InChI=1S/C87H83BN3O2.Ir/c1-80(2)73-41-37-57(49-75(73)82(5,6)84(80,9)10)77-43-39-59(52-89-77)65-31-20-22-33-67(65)61-45-62(68-34-23-21-32-66(68)60-40-44-78(90-53-60)58-38-42-74-76(50-58)83(7,8)85(11,12)81(74,3)4)47-63(46-61)69-35-24-25-36-70(69)72-54-91-79(51-71(72)55-27-18-17-19-28-55)56-29-26-30-64(48-56)88-92-86(13,14)87(15,16)93-88;/h17-28,30-36,39-54H,1-16H3;/q-3;+3. The van der Waals surface area contributed by atoms with E-state index in [0.29, 0.717) is 0 Å². The van der Waals surface area contributed by atoms with Gasteiger partial charge in [-0.2, -0.15) is 0 Å². The number of fused-ring (bicyclic) bond motifs is 2. The first-order valence-electron chi connectivity index (χ1n) is 33.1. The van der Waals surface area contributed by atoms with Crippen molar-refractivity contribution in [2.75, 3.05) is 0 Å². The predicted octanol–water partition coefficient (Wildman–Crippen LogP) is 21.4. The molecule has 0 spiro atoms. The van der Waals surface area contributed by atoms with Gasteiger partial charge in [0.1, 0.15) is 0 Å². The Balaban J connectivity index is 0.00000803. The Morgan fingerprint density at radius 3 is 1.13 bits per heavy atom. The molecule has 3 aromatic heterocycles. The van der Waals surface area contributed by atoms with Crippen molar-refractivity contribution >= 4 is 12.6 Å². The molecule has 5 nitrogen and oxygen atoms in total. The molecule has 2 aliphatic carbocycles. The summed E-state index contributed by atoms with van der Waals surface area (Å²) in [6, 6.07) is 81.1. The van der Waals surface area contributed by atoms with Crippen molar-refractivity contribution in [3.05, 3.63) is 253 Å². The van der Waals surface area contributed by atoms with Crippen molar-refractivity contribution in [1.82, 2.24) is 15.0 Å². The van der Waals surface area contributed by atoms with Gasteiger partial charge in [0, 0.05) is 24.2 Å². The van der Waals surface area contributed by atoms with Gasteiger partial charge in [-0.15, -0.1) is 105 Å². The topological polar surface area (TPSA) is 57.1 Å². The fourth-order valence-corrected chi connectivity index (χ4v) is 15.1. The van der Waals surface area contributed by atoms with Gasteiger partial charge in [0.15, 0.2) is 0 Å². The largest absolute Gasteiger partial charge is 3.00 e. The summed E-state index contributed by atoms with van der Waals surface area (Å²) in [5.41, 5.74) is 26.0. The van der Waals surface area contributed by atoms with Crippen LogP contribution in [-0.4, -0.2) is 33.3 Å². The molecular weight excluding hydrogens is 1320 g/mol. The van der Waals surface area contributed by atoms with Gasteiger partial charge in [0.05, 0.1) is 11.2 Å². The quantitative estimate of drug-likeness (QED) is 0.0954. The van der Waals surface area contributed by atoms with Crippen LogP contribution in [-0.2, 0) is 51.1 Å².